The quantitative estimate of drug-likeness (QED) is 0.428. The van der Waals surface area contributed by atoms with Gasteiger partial charge < -0.3 is 15.2 Å². The molecule has 1 atom stereocenters. The van der Waals surface area contributed by atoms with Gasteiger partial charge in [-0.2, -0.15) is 4.98 Å². The minimum Gasteiger partial charge on any atom is -0.370 e. The summed E-state index contributed by atoms with van der Waals surface area (Å²) >= 11 is 3.38. The number of amides is 1. The highest BCUT2D eigenvalue weighted by atomic mass is 79.9. The SMILES string of the molecule is CCN(CC)CCCS(=O)(=O)N[C@H](CC(N)=O)c1nc(Cc2ccc(Br)cc2)no1. The van der Waals surface area contributed by atoms with E-state index in [2.05, 4.69) is 35.7 Å². The van der Waals surface area contributed by atoms with Crippen LogP contribution in [0.1, 0.15) is 50.0 Å². The monoisotopic (exact) mass is 501 g/mol. The van der Waals surface area contributed by atoms with Crippen molar-refractivity contribution in [1.29, 1.82) is 0 Å². The van der Waals surface area contributed by atoms with Gasteiger partial charge in [0, 0.05) is 10.9 Å². The molecule has 0 fully saturated rings. The van der Waals surface area contributed by atoms with Crippen LogP contribution >= 0.6 is 15.9 Å². The molecule has 0 saturated carbocycles. The number of sulfonamides is 1. The van der Waals surface area contributed by atoms with Gasteiger partial charge in [-0.3, -0.25) is 4.79 Å². The molecule has 0 bridgehead atoms. The summed E-state index contributed by atoms with van der Waals surface area (Å²) < 4.78 is 33.7. The summed E-state index contributed by atoms with van der Waals surface area (Å²) in [6.45, 7) is 6.45. The lowest BCUT2D eigenvalue weighted by atomic mass is 10.1. The molecule has 1 aromatic heterocycles. The van der Waals surface area contributed by atoms with Crippen LogP contribution in [0.4, 0.5) is 0 Å². The predicted molar refractivity (Wildman–Crippen MR) is 117 cm³/mol. The molecule has 1 aromatic carbocycles. The number of halogens is 1. The van der Waals surface area contributed by atoms with E-state index in [0.717, 1.165) is 23.1 Å². The van der Waals surface area contributed by atoms with Crippen LogP contribution in [0.5, 0.6) is 0 Å². The van der Waals surface area contributed by atoms with Gasteiger partial charge in [-0.05, 0) is 43.8 Å². The number of nitrogens with one attached hydrogen (secondary N) is 1. The maximum Gasteiger partial charge on any atom is 0.245 e. The average molecular weight is 502 g/mol. The summed E-state index contributed by atoms with van der Waals surface area (Å²) in [5.74, 6) is -0.326. The first kappa shape index (κ1) is 24.4. The van der Waals surface area contributed by atoms with Gasteiger partial charge in [0.2, 0.25) is 21.8 Å². The maximum atomic E-state index is 12.5. The standard InChI is InChI=1S/C19H28BrN5O4S/c1-3-25(4-2)10-5-11-30(27,28)24-16(13-17(21)26)19-22-18(23-29-19)12-14-6-8-15(20)9-7-14/h6-9,16,24H,3-5,10-13H2,1-2H3,(H2,21,26)/t16-/m1/s1. The highest BCUT2D eigenvalue weighted by Gasteiger charge is 2.26. The van der Waals surface area contributed by atoms with Crippen molar-refractivity contribution in [3.05, 3.63) is 46.0 Å². The zero-order valence-electron chi connectivity index (χ0n) is 17.2. The molecule has 0 unspecified atom stereocenters. The van der Waals surface area contributed by atoms with Crippen LogP contribution in [0.2, 0.25) is 0 Å². The number of carbonyl (C=O) groups is 1. The fourth-order valence-corrected chi connectivity index (χ4v) is 4.45. The average Bonchev–Trinajstić information content (AvgIpc) is 3.14. The largest absolute Gasteiger partial charge is 0.370 e. The molecule has 0 saturated heterocycles. The summed E-state index contributed by atoms with van der Waals surface area (Å²) in [6, 6.07) is 6.64. The summed E-state index contributed by atoms with van der Waals surface area (Å²) in [7, 11) is -3.66. The smallest absolute Gasteiger partial charge is 0.245 e. The number of aromatic nitrogens is 2. The van der Waals surface area contributed by atoms with Crippen molar-refractivity contribution in [2.45, 2.75) is 39.2 Å². The molecule has 11 heteroatoms. The van der Waals surface area contributed by atoms with Gasteiger partial charge in [0.1, 0.15) is 6.04 Å². The Morgan fingerprint density at radius 1 is 1.27 bits per heavy atom. The first-order valence-electron chi connectivity index (χ1n) is 9.80. The lowest BCUT2D eigenvalue weighted by molar-refractivity contribution is -0.118. The van der Waals surface area contributed by atoms with Crippen LogP contribution in [-0.4, -0.2) is 54.8 Å². The zero-order valence-corrected chi connectivity index (χ0v) is 19.6. The molecule has 0 radical (unpaired) electrons. The van der Waals surface area contributed by atoms with E-state index in [4.69, 9.17) is 10.3 Å². The van der Waals surface area contributed by atoms with Gasteiger partial charge in [0.05, 0.1) is 12.2 Å². The molecule has 3 N–H and O–H groups in total. The Kier molecular flexibility index (Phi) is 9.40. The molecule has 1 amide bonds. The number of benzene rings is 1. The van der Waals surface area contributed by atoms with Gasteiger partial charge >= 0.3 is 0 Å². The molecule has 0 aliphatic rings. The number of nitrogens with zero attached hydrogens (tertiary/aromatic N) is 3. The van der Waals surface area contributed by atoms with E-state index in [0.29, 0.717) is 25.2 Å². The highest BCUT2D eigenvalue weighted by Crippen LogP contribution is 2.18. The van der Waals surface area contributed by atoms with E-state index in [1.165, 1.54) is 0 Å². The minimum atomic E-state index is -3.66. The van der Waals surface area contributed by atoms with Crippen LogP contribution in [0.15, 0.2) is 33.3 Å². The van der Waals surface area contributed by atoms with E-state index in [9.17, 15) is 13.2 Å². The van der Waals surface area contributed by atoms with Crippen molar-refractivity contribution in [2.75, 3.05) is 25.4 Å². The fraction of sp³-hybridized carbons (Fsp3) is 0.526. The Morgan fingerprint density at radius 2 is 1.93 bits per heavy atom. The first-order chi connectivity index (χ1) is 14.2. The second kappa shape index (κ2) is 11.5. The second-order valence-electron chi connectivity index (χ2n) is 6.89. The highest BCUT2D eigenvalue weighted by molar-refractivity contribution is 9.10. The second-order valence-corrected chi connectivity index (χ2v) is 9.68. The van der Waals surface area contributed by atoms with E-state index in [1.54, 1.807) is 0 Å². The van der Waals surface area contributed by atoms with Crippen molar-refractivity contribution >= 4 is 31.9 Å². The lowest BCUT2D eigenvalue weighted by Crippen LogP contribution is -2.35. The van der Waals surface area contributed by atoms with E-state index in [1.807, 2.05) is 38.1 Å². The van der Waals surface area contributed by atoms with Crippen LogP contribution < -0.4 is 10.5 Å². The maximum absolute atomic E-state index is 12.5. The summed E-state index contributed by atoms with van der Waals surface area (Å²) in [6.07, 6.45) is 0.616. The van der Waals surface area contributed by atoms with Crippen molar-refractivity contribution in [1.82, 2.24) is 19.8 Å². The van der Waals surface area contributed by atoms with Gasteiger partial charge in [0.25, 0.3) is 0 Å². The number of nitrogens with two attached hydrogens (primary N) is 1. The summed E-state index contributed by atoms with van der Waals surface area (Å²) in [5.41, 5.74) is 6.26. The normalized spacial score (nSPS) is 12.9. The number of hydrogen-bond donors (Lipinski definition) is 2. The van der Waals surface area contributed by atoms with Crippen molar-refractivity contribution in [3.8, 4) is 0 Å². The van der Waals surface area contributed by atoms with E-state index in [-0.39, 0.29) is 18.1 Å². The Bertz CT molecular complexity index is 913. The fourth-order valence-electron chi connectivity index (χ4n) is 2.94. The van der Waals surface area contributed by atoms with Crippen molar-refractivity contribution in [3.63, 3.8) is 0 Å². The van der Waals surface area contributed by atoms with Crippen LogP contribution in [0, 0.1) is 0 Å². The molecular weight excluding hydrogens is 474 g/mol. The Balaban J connectivity index is 2.05. The Labute approximate surface area is 185 Å². The number of carbonyl (C=O) groups excluding carboxylic acids is 1. The molecule has 0 aliphatic carbocycles. The topological polar surface area (TPSA) is 131 Å². The van der Waals surface area contributed by atoms with Crippen molar-refractivity contribution in [2.24, 2.45) is 5.73 Å². The zero-order chi connectivity index (χ0) is 22.1. The molecule has 0 spiro atoms. The predicted octanol–water partition coefficient (Wildman–Crippen LogP) is 1.99. The summed E-state index contributed by atoms with van der Waals surface area (Å²) in [5, 5.41) is 3.91. The molecule has 30 heavy (non-hydrogen) atoms. The van der Waals surface area contributed by atoms with Gasteiger partial charge in [-0.1, -0.05) is 47.1 Å². The number of hydrogen-bond acceptors (Lipinski definition) is 7. The van der Waals surface area contributed by atoms with Crippen LogP contribution in [0.3, 0.4) is 0 Å². The van der Waals surface area contributed by atoms with Crippen LogP contribution in [-0.2, 0) is 21.2 Å². The summed E-state index contributed by atoms with van der Waals surface area (Å²) in [4.78, 5) is 17.9. The minimum absolute atomic E-state index is 0.0215. The third-order valence-corrected chi connectivity index (χ3v) is 6.56. The number of primary amides is 1. The molecule has 1 heterocycles. The molecule has 2 rings (SSSR count). The molecule has 166 valence electrons. The van der Waals surface area contributed by atoms with Gasteiger partial charge in [-0.15, -0.1) is 0 Å². The van der Waals surface area contributed by atoms with Crippen molar-refractivity contribution < 1.29 is 17.7 Å². The third kappa shape index (κ3) is 8.13. The molecule has 2 aromatic rings. The first-order valence-corrected chi connectivity index (χ1v) is 12.2. The van der Waals surface area contributed by atoms with Crippen LogP contribution in [0.25, 0.3) is 0 Å². The molecule has 9 nitrogen and oxygen atoms in total. The molecular formula is C19H28BrN5O4S. The Hall–Kier alpha value is -1.82. The van der Waals surface area contributed by atoms with E-state index < -0.39 is 22.0 Å². The third-order valence-electron chi connectivity index (χ3n) is 4.57. The lowest BCUT2D eigenvalue weighted by Gasteiger charge is -2.18. The molecule has 0 aliphatic heterocycles. The van der Waals surface area contributed by atoms with E-state index >= 15 is 0 Å². The number of rotatable bonds is 13. The van der Waals surface area contributed by atoms with Gasteiger partial charge in [0.15, 0.2) is 5.82 Å². The Morgan fingerprint density at radius 3 is 2.53 bits per heavy atom. The van der Waals surface area contributed by atoms with Gasteiger partial charge in [-0.25, -0.2) is 13.1 Å².